The second kappa shape index (κ2) is 7.76. The number of hydrogen-bond acceptors (Lipinski definition) is 8. The predicted molar refractivity (Wildman–Crippen MR) is 89.2 cm³/mol. The highest BCUT2D eigenvalue weighted by Crippen LogP contribution is 2.31. The van der Waals surface area contributed by atoms with Gasteiger partial charge in [-0.15, -0.1) is 5.92 Å². The molecule has 9 heteroatoms. The van der Waals surface area contributed by atoms with Crippen LogP contribution in [-0.2, 0) is 9.47 Å². The molecule has 3 rings (SSSR count). The Morgan fingerprint density at radius 1 is 1.28 bits per heavy atom. The van der Waals surface area contributed by atoms with Crippen LogP contribution in [0.1, 0.15) is 26.0 Å². The first kappa shape index (κ1) is 17.6. The quantitative estimate of drug-likeness (QED) is 0.503. The van der Waals surface area contributed by atoms with Crippen LogP contribution >= 0.6 is 0 Å². The summed E-state index contributed by atoms with van der Waals surface area (Å²) in [7, 11) is 0. The van der Waals surface area contributed by atoms with Crippen LogP contribution in [0.2, 0.25) is 0 Å². The van der Waals surface area contributed by atoms with Gasteiger partial charge in [-0.3, -0.25) is 4.57 Å². The van der Waals surface area contributed by atoms with Crippen molar-refractivity contribution in [3.8, 4) is 11.8 Å². The van der Waals surface area contributed by atoms with Crippen molar-refractivity contribution in [3.63, 3.8) is 0 Å². The summed E-state index contributed by atoms with van der Waals surface area (Å²) >= 11 is 0. The molecule has 0 aliphatic carbocycles. The van der Waals surface area contributed by atoms with E-state index in [9.17, 15) is 10.2 Å². The Bertz CT molecular complexity index is 784. The molecule has 9 nitrogen and oxygen atoms in total. The summed E-state index contributed by atoms with van der Waals surface area (Å²) in [6.45, 7) is 2.43. The normalized spacial score (nSPS) is 25.9. The number of imidazole rings is 1. The summed E-state index contributed by atoms with van der Waals surface area (Å²) in [6.07, 6.45) is 0.833. The lowest BCUT2D eigenvalue weighted by atomic mass is 10.1. The fraction of sp³-hybridized carbons (Fsp3) is 0.562. The largest absolute Gasteiger partial charge is 0.387 e. The lowest BCUT2D eigenvalue weighted by Crippen LogP contribution is -2.33. The predicted octanol–water partition coefficient (Wildman–Crippen LogP) is -0.152. The number of ether oxygens (including phenoxy) is 2. The van der Waals surface area contributed by atoms with Crippen molar-refractivity contribution < 1.29 is 19.7 Å². The maximum Gasteiger partial charge on any atom is 0.167 e. The molecule has 1 fully saturated rings. The average molecular weight is 347 g/mol. The lowest BCUT2D eigenvalue weighted by molar-refractivity contribution is -0.0615. The van der Waals surface area contributed by atoms with E-state index in [0.29, 0.717) is 11.2 Å². The zero-order chi connectivity index (χ0) is 17.8. The van der Waals surface area contributed by atoms with Crippen LogP contribution in [0.25, 0.3) is 11.2 Å². The number of hydrogen-bond donors (Lipinski definition) is 3. The van der Waals surface area contributed by atoms with Crippen molar-refractivity contribution in [1.82, 2.24) is 19.5 Å². The molecular formula is C16H21N5O4. The highest BCUT2D eigenvalue weighted by atomic mass is 16.6. The van der Waals surface area contributed by atoms with E-state index in [-0.39, 0.29) is 19.0 Å². The Morgan fingerprint density at radius 2 is 2.12 bits per heavy atom. The Morgan fingerprint density at radius 3 is 2.92 bits per heavy atom. The van der Waals surface area contributed by atoms with E-state index in [1.165, 1.54) is 17.2 Å². The van der Waals surface area contributed by atoms with Crippen molar-refractivity contribution in [3.05, 3.63) is 12.7 Å². The number of nitrogen functional groups attached to an aromatic ring is 1. The SMILES string of the molecule is CCCC#CCOC[C@H]1O[C@@H](n2cnc3c(N)ncnc32)[C@H](O)[C@@H]1O. The van der Waals surface area contributed by atoms with E-state index < -0.39 is 24.5 Å². The molecule has 0 unspecified atom stereocenters. The fourth-order valence-corrected chi connectivity index (χ4v) is 2.64. The molecule has 0 spiro atoms. The minimum Gasteiger partial charge on any atom is -0.387 e. The summed E-state index contributed by atoms with van der Waals surface area (Å²) in [6, 6.07) is 0. The van der Waals surface area contributed by atoms with E-state index in [0.717, 1.165) is 12.8 Å². The van der Waals surface area contributed by atoms with E-state index >= 15 is 0 Å². The number of unbranched alkanes of at least 4 members (excludes halogenated alkanes) is 1. The number of rotatable bonds is 5. The van der Waals surface area contributed by atoms with Gasteiger partial charge in [-0.05, 0) is 6.42 Å². The van der Waals surface area contributed by atoms with Crippen molar-refractivity contribution in [2.75, 3.05) is 18.9 Å². The summed E-state index contributed by atoms with van der Waals surface area (Å²) in [4.78, 5) is 12.1. The van der Waals surface area contributed by atoms with Crippen LogP contribution in [0.4, 0.5) is 5.82 Å². The molecule has 2 aromatic heterocycles. The Labute approximate surface area is 144 Å². The molecule has 134 valence electrons. The molecular weight excluding hydrogens is 326 g/mol. The van der Waals surface area contributed by atoms with E-state index in [4.69, 9.17) is 15.2 Å². The third-order valence-electron chi connectivity index (χ3n) is 3.95. The number of nitrogens with two attached hydrogens (primary N) is 1. The zero-order valence-electron chi connectivity index (χ0n) is 13.9. The smallest absolute Gasteiger partial charge is 0.167 e. The molecule has 1 aliphatic rings. The van der Waals surface area contributed by atoms with E-state index in [1.54, 1.807) is 0 Å². The molecule has 2 aromatic rings. The van der Waals surface area contributed by atoms with Gasteiger partial charge in [0.05, 0.1) is 12.9 Å². The standard InChI is InChI=1S/C16H21N5O4/c1-2-3-4-5-6-24-7-10-12(22)13(23)16(25-10)21-9-20-11-14(17)18-8-19-15(11)21/h8-10,12-13,16,22-23H,2-3,6-7H2,1H3,(H2,17,18,19)/t10-,12-,13-,16-/m1/s1. The first-order chi connectivity index (χ1) is 12.1. The van der Waals surface area contributed by atoms with Crippen LogP contribution in [0.5, 0.6) is 0 Å². The Hall–Kier alpha value is -2.25. The second-order valence-electron chi connectivity index (χ2n) is 5.75. The van der Waals surface area contributed by atoms with Gasteiger partial charge in [-0.25, -0.2) is 15.0 Å². The first-order valence-corrected chi connectivity index (χ1v) is 8.11. The monoisotopic (exact) mass is 347 g/mol. The molecule has 0 amide bonds. The number of aromatic nitrogens is 4. The minimum atomic E-state index is -1.15. The van der Waals surface area contributed by atoms with Gasteiger partial charge in [0.25, 0.3) is 0 Å². The van der Waals surface area contributed by atoms with E-state index in [1.807, 2.05) is 0 Å². The molecule has 4 atom stereocenters. The summed E-state index contributed by atoms with van der Waals surface area (Å²) in [5, 5.41) is 20.5. The molecule has 0 bridgehead atoms. The van der Waals surface area contributed by atoms with Crippen LogP contribution in [0, 0.1) is 11.8 Å². The van der Waals surface area contributed by atoms with Crippen molar-refractivity contribution in [2.24, 2.45) is 0 Å². The fourth-order valence-electron chi connectivity index (χ4n) is 2.64. The first-order valence-electron chi connectivity index (χ1n) is 8.11. The molecule has 0 aromatic carbocycles. The van der Waals surface area contributed by atoms with Crippen LogP contribution < -0.4 is 5.73 Å². The van der Waals surface area contributed by atoms with Gasteiger partial charge in [0, 0.05) is 6.42 Å². The topological polar surface area (TPSA) is 129 Å². The highest BCUT2D eigenvalue weighted by molar-refractivity contribution is 5.81. The molecule has 3 heterocycles. The van der Waals surface area contributed by atoms with Crippen LogP contribution in [0.15, 0.2) is 12.7 Å². The number of anilines is 1. The molecule has 0 saturated carbocycles. The molecule has 1 saturated heterocycles. The summed E-state index contributed by atoms with van der Waals surface area (Å²) < 4.78 is 12.7. The minimum absolute atomic E-state index is 0.124. The molecule has 0 radical (unpaired) electrons. The van der Waals surface area contributed by atoms with Gasteiger partial charge in [-0.2, -0.15) is 0 Å². The van der Waals surface area contributed by atoms with Gasteiger partial charge in [-0.1, -0.05) is 12.8 Å². The van der Waals surface area contributed by atoms with Gasteiger partial charge < -0.3 is 25.4 Å². The summed E-state index contributed by atoms with van der Waals surface area (Å²) in [5.41, 5.74) is 6.60. The molecule has 1 aliphatic heterocycles. The van der Waals surface area contributed by atoms with Gasteiger partial charge in [0.1, 0.15) is 36.8 Å². The Kier molecular flexibility index (Phi) is 5.45. The maximum absolute atomic E-state index is 10.3. The number of aliphatic hydroxyl groups is 2. The Balaban J connectivity index is 1.67. The summed E-state index contributed by atoms with van der Waals surface area (Å²) in [5.74, 6) is 6.10. The third-order valence-corrected chi connectivity index (χ3v) is 3.95. The number of fused-ring (bicyclic) bond motifs is 1. The number of aliphatic hydroxyl groups excluding tert-OH is 2. The second-order valence-corrected chi connectivity index (χ2v) is 5.75. The van der Waals surface area contributed by atoms with Crippen LogP contribution in [-0.4, -0.2) is 61.3 Å². The van der Waals surface area contributed by atoms with Crippen molar-refractivity contribution in [2.45, 2.75) is 44.3 Å². The van der Waals surface area contributed by atoms with E-state index in [2.05, 4.69) is 33.7 Å². The van der Waals surface area contributed by atoms with Crippen LogP contribution in [0.3, 0.4) is 0 Å². The van der Waals surface area contributed by atoms with Gasteiger partial charge >= 0.3 is 0 Å². The van der Waals surface area contributed by atoms with Crippen molar-refractivity contribution in [1.29, 1.82) is 0 Å². The van der Waals surface area contributed by atoms with Gasteiger partial charge in [0.2, 0.25) is 0 Å². The molecule has 25 heavy (non-hydrogen) atoms. The highest BCUT2D eigenvalue weighted by Gasteiger charge is 2.44. The molecule has 4 N–H and O–H groups in total. The van der Waals surface area contributed by atoms with Crippen molar-refractivity contribution >= 4 is 17.0 Å². The maximum atomic E-state index is 10.3. The average Bonchev–Trinajstić information content (AvgIpc) is 3.15. The lowest BCUT2D eigenvalue weighted by Gasteiger charge is -2.16. The number of nitrogens with zero attached hydrogens (tertiary/aromatic N) is 4. The zero-order valence-corrected chi connectivity index (χ0v) is 13.9. The third kappa shape index (κ3) is 3.57. The van der Waals surface area contributed by atoms with Gasteiger partial charge in [0.15, 0.2) is 17.7 Å².